The minimum absolute atomic E-state index is 0.357. The van der Waals surface area contributed by atoms with Gasteiger partial charge in [-0.2, -0.15) is 0 Å². The first-order valence-electron chi connectivity index (χ1n) is 4.77. The monoisotopic (exact) mass is 218 g/mol. The van der Waals surface area contributed by atoms with Gasteiger partial charge in [-0.1, -0.05) is 0 Å². The van der Waals surface area contributed by atoms with Gasteiger partial charge in [0.15, 0.2) is 0 Å². The lowest BCUT2D eigenvalue weighted by Gasteiger charge is -2.21. The molecule has 0 aromatic heterocycles. The number of nitrogens with one attached hydrogen (secondary N) is 2. The van der Waals surface area contributed by atoms with E-state index in [4.69, 9.17) is 9.84 Å². The number of urea groups is 1. The standard InChI is InChI=1S/C9H18N2O4/c1-4-15-6-5-10-8(14)11-9(2,3)7(12)13/h4-6H2,1-3H3,(H,12,13)(H2,10,11,14). The fourth-order valence-electron chi connectivity index (χ4n) is 0.763. The van der Waals surface area contributed by atoms with Crippen LogP contribution in [0.4, 0.5) is 4.79 Å². The van der Waals surface area contributed by atoms with E-state index in [1.54, 1.807) is 0 Å². The van der Waals surface area contributed by atoms with Gasteiger partial charge in [0.25, 0.3) is 0 Å². The molecule has 6 heteroatoms. The fraction of sp³-hybridized carbons (Fsp3) is 0.778. The van der Waals surface area contributed by atoms with Gasteiger partial charge in [0.2, 0.25) is 0 Å². The highest BCUT2D eigenvalue weighted by molar-refractivity contribution is 5.85. The summed E-state index contributed by atoms with van der Waals surface area (Å²) in [7, 11) is 0. The lowest BCUT2D eigenvalue weighted by molar-refractivity contribution is -0.142. The molecule has 6 nitrogen and oxygen atoms in total. The highest BCUT2D eigenvalue weighted by Gasteiger charge is 2.28. The van der Waals surface area contributed by atoms with Crippen LogP contribution in [0, 0.1) is 0 Å². The van der Waals surface area contributed by atoms with E-state index >= 15 is 0 Å². The molecule has 0 aromatic carbocycles. The minimum atomic E-state index is -1.27. The molecule has 0 saturated carbocycles. The van der Waals surface area contributed by atoms with E-state index in [0.717, 1.165) is 0 Å². The quantitative estimate of drug-likeness (QED) is 0.555. The summed E-state index contributed by atoms with van der Waals surface area (Å²) in [5.41, 5.74) is -1.27. The number of carboxylic acid groups (broad SMARTS) is 1. The average molecular weight is 218 g/mol. The van der Waals surface area contributed by atoms with Crippen LogP contribution in [0.3, 0.4) is 0 Å². The Labute approximate surface area is 89.0 Å². The van der Waals surface area contributed by atoms with E-state index in [-0.39, 0.29) is 0 Å². The van der Waals surface area contributed by atoms with Gasteiger partial charge >= 0.3 is 12.0 Å². The maximum Gasteiger partial charge on any atom is 0.328 e. The summed E-state index contributed by atoms with van der Waals surface area (Å²) in [5.74, 6) is -1.08. The first-order chi connectivity index (χ1) is 6.90. The smallest absolute Gasteiger partial charge is 0.328 e. The summed E-state index contributed by atoms with van der Waals surface area (Å²) < 4.78 is 5.00. The lowest BCUT2D eigenvalue weighted by atomic mass is 10.1. The Bertz CT molecular complexity index is 228. The number of hydrogen-bond donors (Lipinski definition) is 3. The molecule has 0 saturated heterocycles. The second-order valence-corrected chi connectivity index (χ2v) is 3.51. The van der Waals surface area contributed by atoms with Crippen molar-refractivity contribution >= 4 is 12.0 Å². The maximum absolute atomic E-state index is 11.2. The molecule has 0 aliphatic carbocycles. The highest BCUT2D eigenvalue weighted by atomic mass is 16.5. The van der Waals surface area contributed by atoms with E-state index in [1.807, 2.05) is 6.92 Å². The van der Waals surface area contributed by atoms with Crippen LogP contribution in [0.25, 0.3) is 0 Å². The van der Waals surface area contributed by atoms with Crippen molar-refractivity contribution in [2.24, 2.45) is 0 Å². The molecule has 0 spiro atoms. The van der Waals surface area contributed by atoms with E-state index in [2.05, 4.69) is 10.6 Å². The van der Waals surface area contributed by atoms with Gasteiger partial charge in [-0.05, 0) is 20.8 Å². The normalized spacial score (nSPS) is 10.9. The Hall–Kier alpha value is -1.30. The molecule has 0 radical (unpaired) electrons. The third-order valence-corrected chi connectivity index (χ3v) is 1.70. The summed E-state index contributed by atoms with van der Waals surface area (Å²) in [5, 5.41) is 13.6. The number of rotatable bonds is 6. The third kappa shape index (κ3) is 5.90. The van der Waals surface area contributed by atoms with Crippen LogP contribution in [-0.4, -0.2) is 42.4 Å². The minimum Gasteiger partial charge on any atom is -0.480 e. The van der Waals surface area contributed by atoms with Crippen molar-refractivity contribution in [1.29, 1.82) is 0 Å². The molecule has 0 atom stereocenters. The van der Waals surface area contributed by atoms with Gasteiger partial charge in [-0.15, -0.1) is 0 Å². The summed E-state index contributed by atoms with van der Waals surface area (Å²) in [6.07, 6.45) is 0. The largest absolute Gasteiger partial charge is 0.480 e. The Balaban J connectivity index is 3.79. The fourth-order valence-corrected chi connectivity index (χ4v) is 0.763. The Morgan fingerprint density at radius 2 is 2.00 bits per heavy atom. The van der Waals surface area contributed by atoms with Gasteiger partial charge in [0.05, 0.1) is 6.61 Å². The topological polar surface area (TPSA) is 87.7 Å². The van der Waals surface area contributed by atoms with Crippen LogP contribution >= 0.6 is 0 Å². The van der Waals surface area contributed by atoms with Gasteiger partial charge in [0.1, 0.15) is 5.54 Å². The van der Waals surface area contributed by atoms with Crippen LogP contribution in [0.15, 0.2) is 0 Å². The van der Waals surface area contributed by atoms with Gasteiger partial charge in [0, 0.05) is 13.2 Å². The molecule has 2 amide bonds. The molecule has 3 N–H and O–H groups in total. The van der Waals surface area contributed by atoms with Crippen LogP contribution in [-0.2, 0) is 9.53 Å². The number of carbonyl (C=O) groups is 2. The summed E-state index contributed by atoms with van der Waals surface area (Å²) >= 11 is 0. The van der Waals surface area contributed by atoms with Crippen LogP contribution < -0.4 is 10.6 Å². The molecule has 0 bridgehead atoms. The molecule has 0 aromatic rings. The first-order valence-corrected chi connectivity index (χ1v) is 4.77. The van der Waals surface area contributed by atoms with Crippen molar-refractivity contribution in [3.63, 3.8) is 0 Å². The molecule has 0 fully saturated rings. The van der Waals surface area contributed by atoms with Crippen LogP contribution in [0.5, 0.6) is 0 Å². The van der Waals surface area contributed by atoms with Crippen molar-refractivity contribution in [3.8, 4) is 0 Å². The number of ether oxygens (including phenoxy) is 1. The van der Waals surface area contributed by atoms with E-state index in [1.165, 1.54) is 13.8 Å². The zero-order valence-corrected chi connectivity index (χ0v) is 9.29. The van der Waals surface area contributed by atoms with Crippen LogP contribution in [0.2, 0.25) is 0 Å². The van der Waals surface area contributed by atoms with Crippen LogP contribution in [0.1, 0.15) is 20.8 Å². The van der Waals surface area contributed by atoms with Gasteiger partial charge < -0.3 is 20.5 Å². The predicted octanol–water partition coefficient (Wildman–Crippen LogP) is 0.185. The van der Waals surface area contributed by atoms with E-state index in [9.17, 15) is 9.59 Å². The molecule has 88 valence electrons. The van der Waals surface area contributed by atoms with Crippen molar-refractivity contribution in [2.45, 2.75) is 26.3 Å². The maximum atomic E-state index is 11.2. The van der Waals surface area contributed by atoms with Crippen molar-refractivity contribution in [1.82, 2.24) is 10.6 Å². The van der Waals surface area contributed by atoms with Gasteiger partial charge in [-0.25, -0.2) is 9.59 Å². The van der Waals surface area contributed by atoms with Crippen molar-refractivity contribution in [2.75, 3.05) is 19.8 Å². The second-order valence-electron chi connectivity index (χ2n) is 3.51. The molecule has 15 heavy (non-hydrogen) atoms. The van der Waals surface area contributed by atoms with E-state index < -0.39 is 17.5 Å². The van der Waals surface area contributed by atoms with Crippen molar-refractivity contribution in [3.05, 3.63) is 0 Å². The lowest BCUT2D eigenvalue weighted by Crippen LogP contribution is -2.53. The molecule has 0 aliphatic heterocycles. The average Bonchev–Trinajstić information content (AvgIpc) is 2.11. The summed E-state index contributed by atoms with van der Waals surface area (Å²) in [4.78, 5) is 21.9. The molecular weight excluding hydrogens is 200 g/mol. The highest BCUT2D eigenvalue weighted by Crippen LogP contribution is 2.00. The number of amides is 2. The zero-order chi connectivity index (χ0) is 11.9. The summed E-state index contributed by atoms with van der Waals surface area (Å²) in [6, 6.07) is -0.512. The molecule has 0 rings (SSSR count). The summed E-state index contributed by atoms with van der Waals surface area (Å²) in [6.45, 7) is 6.04. The van der Waals surface area contributed by atoms with Crippen molar-refractivity contribution < 1.29 is 19.4 Å². The first kappa shape index (κ1) is 13.7. The SMILES string of the molecule is CCOCCNC(=O)NC(C)(C)C(=O)O. The Kier molecular flexibility index (Phi) is 5.69. The third-order valence-electron chi connectivity index (χ3n) is 1.70. The Morgan fingerprint density at radius 1 is 1.40 bits per heavy atom. The van der Waals surface area contributed by atoms with Gasteiger partial charge in [-0.3, -0.25) is 0 Å². The number of hydrogen-bond acceptors (Lipinski definition) is 3. The predicted molar refractivity (Wildman–Crippen MR) is 54.7 cm³/mol. The zero-order valence-electron chi connectivity index (χ0n) is 9.29. The second kappa shape index (κ2) is 6.23. The molecule has 0 aliphatic rings. The number of carboxylic acids is 1. The van der Waals surface area contributed by atoms with E-state index in [0.29, 0.717) is 19.8 Å². The Morgan fingerprint density at radius 3 is 2.47 bits per heavy atom. The number of aliphatic carboxylic acids is 1. The molecule has 0 unspecified atom stereocenters. The molecule has 0 heterocycles. The molecular formula is C9H18N2O4. The number of carbonyl (C=O) groups excluding carboxylic acids is 1.